The monoisotopic (exact) mass is 255 g/mol. The summed E-state index contributed by atoms with van der Waals surface area (Å²) in [6, 6.07) is 5.00. The van der Waals surface area contributed by atoms with Gasteiger partial charge in [-0.05, 0) is 37.2 Å². The molecular weight excluding hydrogens is 237 g/mol. The summed E-state index contributed by atoms with van der Waals surface area (Å²) in [5.41, 5.74) is 2.10. The Kier molecular flexibility index (Phi) is 4.42. The van der Waals surface area contributed by atoms with Gasteiger partial charge in [0.15, 0.2) is 0 Å². The van der Waals surface area contributed by atoms with Crippen molar-refractivity contribution in [2.24, 2.45) is 0 Å². The highest BCUT2D eigenvalue weighted by atomic mass is 32.2. The van der Waals surface area contributed by atoms with E-state index in [1.807, 2.05) is 31.8 Å². The zero-order valence-electron chi connectivity index (χ0n) is 10.2. The Morgan fingerprint density at radius 1 is 1.53 bits per heavy atom. The molecule has 0 radical (unpaired) electrons. The number of thioether (sulfide) groups is 1. The minimum absolute atomic E-state index is 0.0681. The summed E-state index contributed by atoms with van der Waals surface area (Å²) in [4.78, 5) is 0. The molecule has 0 bridgehead atoms. The third-order valence-electron chi connectivity index (χ3n) is 3.10. The van der Waals surface area contributed by atoms with Gasteiger partial charge in [0.2, 0.25) is 0 Å². The molecule has 0 saturated carbocycles. The van der Waals surface area contributed by atoms with Crippen LogP contribution < -0.4 is 5.32 Å². The van der Waals surface area contributed by atoms with Crippen molar-refractivity contribution in [3.63, 3.8) is 0 Å². The van der Waals surface area contributed by atoms with Crippen LogP contribution in [0, 0.1) is 12.7 Å². The van der Waals surface area contributed by atoms with Gasteiger partial charge >= 0.3 is 0 Å². The first-order valence-electron chi connectivity index (χ1n) is 5.85. The molecule has 2 atom stereocenters. The van der Waals surface area contributed by atoms with Gasteiger partial charge in [0.1, 0.15) is 5.82 Å². The van der Waals surface area contributed by atoms with Crippen molar-refractivity contribution in [2.75, 3.05) is 25.2 Å². The maximum absolute atomic E-state index is 13.3. The van der Waals surface area contributed by atoms with Crippen LogP contribution in [-0.2, 0) is 4.74 Å². The van der Waals surface area contributed by atoms with Crippen LogP contribution in [-0.4, -0.2) is 31.3 Å². The van der Waals surface area contributed by atoms with Crippen molar-refractivity contribution in [2.45, 2.75) is 19.1 Å². The fourth-order valence-corrected chi connectivity index (χ4v) is 3.09. The van der Waals surface area contributed by atoms with Crippen molar-refractivity contribution in [3.05, 3.63) is 35.1 Å². The average molecular weight is 255 g/mol. The van der Waals surface area contributed by atoms with Gasteiger partial charge in [-0.25, -0.2) is 4.39 Å². The second-order valence-corrected chi connectivity index (χ2v) is 5.40. The van der Waals surface area contributed by atoms with Gasteiger partial charge in [0, 0.05) is 11.5 Å². The van der Waals surface area contributed by atoms with Crippen LogP contribution in [0.1, 0.15) is 17.2 Å². The van der Waals surface area contributed by atoms with Gasteiger partial charge in [-0.2, -0.15) is 11.8 Å². The number of aryl methyl sites for hydroxylation is 1. The van der Waals surface area contributed by atoms with Crippen LogP contribution in [0.5, 0.6) is 0 Å². The third-order valence-corrected chi connectivity index (χ3v) is 4.12. The highest BCUT2D eigenvalue weighted by Gasteiger charge is 2.26. The standard InChI is InChI=1S/C13H18FNOS/c1-9-3-4-10(14)7-11(9)13(15-2)12-8-17-6-5-16-12/h3-4,7,12-13,15H,5-6,8H2,1-2H3. The number of hydrogen-bond acceptors (Lipinski definition) is 3. The lowest BCUT2D eigenvalue weighted by atomic mass is 9.97. The van der Waals surface area contributed by atoms with Crippen LogP contribution in [0.2, 0.25) is 0 Å². The zero-order chi connectivity index (χ0) is 12.3. The molecule has 1 aromatic rings. The van der Waals surface area contributed by atoms with Crippen LogP contribution in [0.3, 0.4) is 0 Å². The smallest absolute Gasteiger partial charge is 0.123 e. The van der Waals surface area contributed by atoms with E-state index in [9.17, 15) is 4.39 Å². The molecule has 0 aliphatic carbocycles. The molecule has 1 saturated heterocycles. The number of hydrogen-bond donors (Lipinski definition) is 1. The number of benzene rings is 1. The highest BCUT2D eigenvalue weighted by molar-refractivity contribution is 7.99. The van der Waals surface area contributed by atoms with E-state index in [0.29, 0.717) is 0 Å². The summed E-state index contributed by atoms with van der Waals surface area (Å²) in [5, 5.41) is 3.25. The lowest BCUT2D eigenvalue weighted by Gasteiger charge is -2.31. The molecule has 2 unspecified atom stereocenters. The van der Waals surface area contributed by atoms with E-state index in [0.717, 1.165) is 29.2 Å². The largest absolute Gasteiger partial charge is 0.375 e. The summed E-state index contributed by atoms with van der Waals surface area (Å²) in [6.07, 6.45) is 0.124. The third kappa shape index (κ3) is 3.00. The van der Waals surface area contributed by atoms with Crippen molar-refractivity contribution >= 4 is 11.8 Å². The number of nitrogens with one attached hydrogen (secondary N) is 1. The fraction of sp³-hybridized carbons (Fsp3) is 0.538. The summed E-state index contributed by atoms with van der Waals surface area (Å²) in [7, 11) is 1.90. The number of ether oxygens (including phenoxy) is 1. The van der Waals surface area contributed by atoms with Crippen LogP contribution in [0.4, 0.5) is 4.39 Å². The van der Waals surface area contributed by atoms with Gasteiger partial charge < -0.3 is 10.1 Å². The fourth-order valence-electron chi connectivity index (χ4n) is 2.19. The molecule has 0 spiro atoms. The van der Waals surface area contributed by atoms with Gasteiger partial charge in [-0.1, -0.05) is 6.07 Å². The first-order valence-corrected chi connectivity index (χ1v) is 7.00. The summed E-state index contributed by atoms with van der Waals surface area (Å²) >= 11 is 1.89. The molecule has 1 fully saturated rings. The Balaban J connectivity index is 2.24. The molecular formula is C13H18FNOS. The van der Waals surface area contributed by atoms with Crippen molar-refractivity contribution in [1.29, 1.82) is 0 Å². The normalized spacial score (nSPS) is 22.4. The summed E-state index contributed by atoms with van der Waals surface area (Å²) < 4.78 is 19.1. The van der Waals surface area contributed by atoms with Crippen LogP contribution in [0.15, 0.2) is 18.2 Å². The van der Waals surface area contributed by atoms with E-state index in [1.165, 1.54) is 6.07 Å². The second kappa shape index (κ2) is 5.85. The predicted molar refractivity (Wildman–Crippen MR) is 70.0 cm³/mol. The van der Waals surface area contributed by atoms with Crippen molar-refractivity contribution in [1.82, 2.24) is 5.32 Å². The maximum atomic E-state index is 13.3. The molecule has 1 N–H and O–H groups in total. The maximum Gasteiger partial charge on any atom is 0.123 e. The summed E-state index contributed by atoms with van der Waals surface area (Å²) in [6.45, 7) is 2.79. The molecule has 94 valence electrons. The zero-order valence-corrected chi connectivity index (χ0v) is 11.0. The Bertz CT molecular complexity index is 380. The van der Waals surface area contributed by atoms with E-state index in [-0.39, 0.29) is 18.0 Å². The molecule has 2 nitrogen and oxygen atoms in total. The number of halogens is 1. The summed E-state index contributed by atoms with van der Waals surface area (Å²) in [5.74, 6) is 1.82. The Hall–Kier alpha value is -0.580. The number of likely N-dealkylation sites (N-methyl/N-ethyl adjacent to an activating group) is 1. The lowest BCUT2D eigenvalue weighted by molar-refractivity contribution is 0.0486. The van der Waals surface area contributed by atoms with Crippen molar-refractivity contribution in [3.8, 4) is 0 Å². The van der Waals surface area contributed by atoms with Crippen LogP contribution >= 0.6 is 11.8 Å². The van der Waals surface area contributed by atoms with E-state index in [1.54, 1.807) is 6.07 Å². The topological polar surface area (TPSA) is 21.3 Å². The molecule has 1 aliphatic rings. The Labute approximate surface area is 106 Å². The molecule has 0 amide bonds. The van der Waals surface area contributed by atoms with Gasteiger partial charge in [-0.3, -0.25) is 0 Å². The quantitative estimate of drug-likeness (QED) is 0.897. The van der Waals surface area contributed by atoms with E-state index < -0.39 is 0 Å². The molecule has 1 aromatic carbocycles. The van der Waals surface area contributed by atoms with E-state index in [4.69, 9.17) is 4.74 Å². The second-order valence-electron chi connectivity index (χ2n) is 4.25. The minimum Gasteiger partial charge on any atom is -0.375 e. The highest BCUT2D eigenvalue weighted by Crippen LogP contribution is 2.27. The molecule has 4 heteroatoms. The first-order chi connectivity index (χ1) is 8.22. The van der Waals surface area contributed by atoms with E-state index >= 15 is 0 Å². The minimum atomic E-state index is -0.186. The Morgan fingerprint density at radius 3 is 3.00 bits per heavy atom. The van der Waals surface area contributed by atoms with Crippen LogP contribution in [0.25, 0.3) is 0 Å². The Morgan fingerprint density at radius 2 is 2.35 bits per heavy atom. The first kappa shape index (κ1) is 12.9. The molecule has 17 heavy (non-hydrogen) atoms. The van der Waals surface area contributed by atoms with Gasteiger partial charge in [0.05, 0.1) is 18.8 Å². The lowest BCUT2D eigenvalue weighted by Crippen LogP contribution is -2.37. The van der Waals surface area contributed by atoms with Gasteiger partial charge in [-0.15, -0.1) is 0 Å². The predicted octanol–water partition coefficient (Wildman–Crippen LogP) is 2.53. The molecule has 2 rings (SSSR count). The average Bonchev–Trinajstić information content (AvgIpc) is 2.36. The van der Waals surface area contributed by atoms with Crippen molar-refractivity contribution < 1.29 is 9.13 Å². The molecule has 1 aliphatic heterocycles. The van der Waals surface area contributed by atoms with E-state index in [2.05, 4.69) is 5.32 Å². The molecule has 0 aromatic heterocycles. The number of rotatable bonds is 3. The molecule has 1 heterocycles. The SMILES string of the molecule is CNC(c1cc(F)ccc1C)C1CSCCO1. The van der Waals surface area contributed by atoms with Gasteiger partial charge in [0.25, 0.3) is 0 Å².